The van der Waals surface area contributed by atoms with Crippen LogP contribution in [0.25, 0.3) is 10.8 Å². The molecule has 1 aliphatic heterocycles. The van der Waals surface area contributed by atoms with Crippen molar-refractivity contribution in [2.24, 2.45) is 0 Å². The highest BCUT2D eigenvalue weighted by Crippen LogP contribution is 2.29. The minimum Gasteiger partial charge on any atom is -0.489 e. The van der Waals surface area contributed by atoms with E-state index < -0.39 is 0 Å². The molecule has 3 aromatic carbocycles. The van der Waals surface area contributed by atoms with E-state index in [-0.39, 0.29) is 0 Å². The standard InChI is InChI=1S/C25H30N2O/c1-2-27-16-8-12-22(27)17-26-18-24-23-13-7-6-11-21(23)14-15-25(24)28-19-20-9-4-3-5-10-20/h3-7,9-11,13-15,22,26H,2,8,12,16-19H2,1H3/t22-/m0/s1. The van der Waals surface area contributed by atoms with Gasteiger partial charge in [-0.25, -0.2) is 0 Å². The lowest BCUT2D eigenvalue weighted by molar-refractivity contribution is 0.259. The third-order valence-corrected chi connectivity index (χ3v) is 5.82. The number of likely N-dealkylation sites (tertiary alicyclic amines) is 1. The summed E-state index contributed by atoms with van der Waals surface area (Å²) < 4.78 is 6.25. The van der Waals surface area contributed by atoms with Crippen LogP contribution in [0.1, 0.15) is 30.9 Å². The average molecular weight is 375 g/mol. The van der Waals surface area contributed by atoms with Crippen molar-refractivity contribution in [3.05, 3.63) is 77.9 Å². The highest BCUT2D eigenvalue weighted by molar-refractivity contribution is 5.87. The zero-order chi connectivity index (χ0) is 19.2. The molecule has 146 valence electrons. The molecule has 3 heteroatoms. The van der Waals surface area contributed by atoms with E-state index in [9.17, 15) is 0 Å². The molecule has 1 aliphatic rings. The molecular weight excluding hydrogens is 344 g/mol. The molecular formula is C25H30N2O. The van der Waals surface area contributed by atoms with Crippen molar-refractivity contribution in [3.63, 3.8) is 0 Å². The first-order valence-electron chi connectivity index (χ1n) is 10.5. The van der Waals surface area contributed by atoms with E-state index in [0.29, 0.717) is 12.6 Å². The van der Waals surface area contributed by atoms with Gasteiger partial charge in [-0.05, 0) is 48.3 Å². The van der Waals surface area contributed by atoms with E-state index in [4.69, 9.17) is 4.74 Å². The number of likely N-dealkylation sites (N-methyl/N-ethyl adjacent to an activating group) is 1. The summed E-state index contributed by atoms with van der Waals surface area (Å²) in [6, 6.07) is 23.9. The van der Waals surface area contributed by atoms with Crippen LogP contribution >= 0.6 is 0 Å². The van der Waals surface area contributed by atoms with Gasteiger partial charge in [0.25, 0.3) is 0 Å². The number of nitrogens with one attached hydrogen (secondary N) is 1. The van der Waals surface area contributed by atoms with Crippen molar-refractivity contribution in [1.29, 1.82) is 0 Å². The van der Waals surface area contributed by atoms with Crippen molar-refractivity contribution < 1.29 is 4.74 Å². The Morgan fingerprint density at radius 2 is 1.82 bits per heavy atom. The average Bonchev–Trinajstić information content (AvgIpc) is 3.21. The van der Waals surface area contributed by atoms with Crippen molar-refractivity contribution in [2.75, 3.05) is 19.6 Å². The molecule has 0 amide bonds. The largest absolute Gasteiger partial charge is 0.489 e. The smallest absolute Gasteiger partial charge is 0.124 e. The lowest BCUT2D eigenvalue weighted by Crippen LogP contribution is -2.37. The number of hydrogen-bond acceptors (Lipinski definition) is 3. The maximum absolute atomic E-state index is 6.25. The Balaban J connectivity index is 1.50. The molecule has 1 heterocycles. The number of hydrogen-bond donors (Lipinski definition) is 1. The molecule has 1 atom stereocenters. The van der Waals surface area contributed by atoms with E-state index in [2.05, 4.69) is 77.8 Å². The molecule has 0 bridgehead atoms. The van der Waals surface area contributed by atoms with Gasteiger partial charge in [0.15, 0.2) is 0 Å². The first-order chi connectivity index (χ1) is 13.8. The molecule has 0 aliphatic carbocycles. The summed E-state index contributed by atoms with van der Waals surface area (Å²) in [5.74, 6) is 0.980. The van der Waals surface area contributed by atoms with E-state index in [1.165, 1.54) is 41.3 Å². The number of ether oxygens (including phenoxy) is 1. The molecule has 3 nitrogen and oxygen atoms in total. The highest BCUT2D eigenvalue weighted by Gasteiger charge is 2.22. The van der Waals surface area contributed by atoms with Crippen LogP contribution in [-0.2, 0) is 13.2 Å². The van der Waals surface area contributed by atoms with Gasteiger partial charge in [-0.1, -0.05) is 67.6 Å². The van der Waals surface area contributed by atoms with Crippen LogP contribution in [0.4, 0.5) is 0 Å². The molecule has 1 saturated heterocycles. The Morgan fingerprint density at radius 1 is 1.00 bits per heavy atom. The van der Waals surface area contributed by atoms with Gasteiger partial charge in [-0.2, -0.15) is 0 Å². The maximum atomic E-state index is 6.25. The summed E-state index contributed by atoms with van der Waals surface area (Å²) in [4.78, 5) is 2.59. The summed E-state index contributed by atoms with van der Waals surface area (Å²) in [7, 11) is 0. The van der Waals surface area contributed by atoms with Gasteiger partial charge in [-0.15, -0.1) is 0 Å². The fraction of sp³-hybridized carbons (Fsp3) is 0.360. The predicted octanol–water partition coefficient (Wildman–Crippen LogP) is 4.99. The Labute approximate surface area is 168 Å². The van der Waals surface area contributed by atoms with Crippen molar-refractivity contribution in [2.45, 2.75) is 39.0 Å². The summed E-state index contributed by atoms with van der Waals surface area (Å²) >= 11 is 0. The molecule has 28 heavy (non-hydrogen) atoms. The molecule has 0 unspecified atom stereocenters. The van der Waals surface area contributed by atoms with Gasteiger partial charge < -0.3 is 10.1 Å². The first kappa shape index (κ1) is 19.0. The van der Waals surface area contributed by atoms with Gasteiger partial charge in [-0.3, -0.25) is 4.90 Å². The highest BCUT2D eigenvalue weighted by atomic mass is 16.5. The first-order valence-corrected chi connectivity index (χ1v) is 10.5. The van der Waals surface area contributed by atoms with E-state index in [0.717, 1.165) is 25.4 Å². The SMILES string of the molecule is CCN1CCC[C@H]1CNCc1c(OCc2ccccc2)ccc2ccccc12. The topological polar surface area (TPSA) is 24.5 Å². The van der Waals surface area contributed by atoms with Crippen LogP contribution in [0, 0.1) is 0 Å². The summed E-state index contributed by atoms with van der Waals surface area (Å²) in [5, 5.41) is 6.26. The van der Waals surface area contributed by atoms with Crippen molar-refractivity contribution in [1.82, 2.24) is 10.2 Å². The minimum atomic E-state index is 0.596. The second-order valence-corrected chi connectivity index (χ2v) is 7.59. The monoisotopic (exact) mass is 374 g/mol. The molecule has 3 aromatic rings. The van der Waals surface area contributed by atoms with Crippen molar-refractivity contribution in [3.8, 4) is 5.75 Å². The fourth-order valence-corrected chi connectivity index (χ4v) is 4.28. The van der Waals surface area contributed by atoms with Crippen molar-refractivity contribution >= 4 is 10.8 Å². The van der Waals surface area contributed by atoms with E-state index >= 15 is 0 Å². The lowest BCUT2D eigenvalue weighted by atomic mass is 10.0. The summed E-state index contributed by atoms with van der Waals surface area (Å²) in [6.07, 6.45) is 2.62. The van der Waals surface area contributed by atoms with Gasteiger partial charge in [0.05, 0.1) is 0 Å². The van der Waals surface area contributed by atoms with Gasteiger partial charge in [0.1, 0.15) is 12.4 Å². The molecule has 0 saturated carbocycles. The van der Waals surface area contributed by atoms with Crippen LogP contribution in [0.2, 0.25) is 0 Å². The lowest BCUT2D eigenvalue weighted by Gasteiger charge is -2.23. The summed E-state index contributed by atoms with van der Waals surface area (Å²) in [5.41, 5.74) is 2.45. The Hall–Kier alpha value is -2.36. The Bertz CT molecular complexity index is 893. The quantitative estimate of drug-likeness (QED) is 0.601. The molecule has 0 aromatic heterocycles. The molecule has 0 spiro atoms. The third-order valence-electron chi connectivity index (χ3n) is 5.82. The van der Waals surface area contributed by atoms with Crippen LogP contribution in [-0.4, -0.2) is 30.6 Å². The van der Waals surface area contributed by atoms with Crippen LogP contribution in [0.3, 0.4) is 0 Å². The number of benzene rings is 3. The number of rotatable bonds is 8. The normalized spacial score (nSPS) is 17.2. The van der Waals surface area contributed by atoms with Crippen LogP contribution < -0.4 is 10.1 Å². The molecule has 4 rings (SSSR count). The zero-order valence-electron chi connectivity index (χ0n) is 16.7. The molecule has 1 fully saturated rings. The zero-order valence-corrected chi connectivity index (χ0v) is 16.7. The second kappa shape index (κ2) is 9.22. The molecule has 1 N–H and O–H groups in total. The van der Waals surface area contributed by atoms with Crippen LogP contribution in [0.15, 0.2) is 66.7 Å². The summed E-state index contributed by atoms with van der Waals surface area (Å²) in [6.45, 7) is 7.11. The number of fused-ring (bicyclic) bond motifs is 1. The fourth-order valence-electron chi connectivity index (χ4n) is 4.28. The van der Waals surface area contributed by atoms with Crippen LogP contribution in [0.5, 0.6) is 5.75 Å². The Kier molecular flexibility index (Phi) is 6.25. The minimum absolute atomic E-state index is 0.596. The van der Waals surface area contributed by atoms with Gasteiger partial charge in [0.2, 0.25) is 0 Å². The van der Waals surface area contributed by atoms with Gasteiger partial charge in [0, 0.05) is 24.7 Å². The third kappa shape index (κ3) is 4.37. The van der Waals surface area contributed by atoms with Gasteiger partial charge >= 0.3 is 0 Å². The van der Waals surface area contributed by atoms with E-state index in [1.807, 2.05) is 6.07 Å². The maximum Gasteiger partial charge on any atom is 0.124 e. The molecule has 0 radical (unpaired) electrons. The predicted molar refractivity (Wildman–Crippen MR) is 117 cm³/mol. The van der Waals surface area contributed by atoms with E-state index in [1.54, 1.807) is 0 Å². The Morgan fingerprint density at radius 3 is 2.68 bits per heavy atom. The number of nitrogens with zero attached hydrogens (tertiary/aromatic N) is 1. The second-order valence-electron chi connectivity index (χ2n) is 7.59.